The summed E-state index contributed by atoms with van der Waals surface area (Å²) in [5.41, 5.74) is -0.0854. The number of aromatic nitrogens is 1. The Morgan fingerprint density at radius 3 is 2.65 bits per heavy atom. The van der Waals surface area contributed by atoms with Crippen LogP contribution in [-0.4, -0.2) is 10.9 Å². The van der Waals surface area contributed by atoms with Crippen molar-refractivity contribution in [3.63, 3.8) is 0 Å². The average Bonchev–Trinajstić information content (AvgIpc) is 2.85. The maximum atomic E-state index is 12.6. The van der Waals surface area contributed by atoms with Crippen LogP contribution in [0.5, 0.6) is 0 Å². The van der Waals surface area contributed by atoms with Crippen LogP contribution < -0.4 is 11.1 Å². The van der Waals surface area contributed by atoms with E-state index in [0.717, 1.165) is 12.1 Å². The minimum Gasteiger partial charge on any atom is -0.408 e. The first kappa shape index (κ1) is 14.9. The van der Waals surface area contributed by atoms with Gasteiger partial charge < -0.3 is 9.73 Å². The summed E-state index contributed by atoms with van der Waals surface area (Å²) in [5, 5.41) is 2.37. The molecule has 23 heavy (non-hydrogen) atoms. The number of aromatic amines is 1. The zero-order valence-corrected chi connectivity index (χ0v) is 11.4. The third-order valence-corrected chi connectivity index (χ3v) is 3.13. The number of fused-ring (bicyclic) bond motifs is 1. The predicted molar refractivity (Wildman–Crippen MR) is 76.2 cm³/mol. The molecule has 1 heterocycles. The van der Waals surface area contributed by atoms with E-state index in [0.29, 0.717) is 5.52 Å². The maximum absolute atomic E-state index is 12.6. The molecule has 0 saturated carbocycles. The minimum atomic E-state index is -4.49. The molecule has 118 valence electrons. The van der Waals surface area contributed by atoms with Crippen LogP contribution in [0.3, 0.4) is 0 Å². The van der Waals surface area contributed by atoms with Crippen molar-refractivity contribution in [2.24, 2.45) is 0 Å². The number of nitrogens with one attached hydrogen (secondary N) is 2. The molecule has 1 amide bonds. The van der Waals surface area contributed by atoms with E-state index in [-0.39, 0.29) is 16.8 Å². The smallest absolute Gasteiger partial charge is 0.408 e. The minimum absolute atomic E-state index is 0.0143. The van der Waals surface area contributed by atoms with Crippen molar-refractivity contribution < 1.29 is 22.4 Å². The van der Waals surface area contributed by atoms with Crippen LogP contribution in [0.4, 0.5) is 18.9 Å². The molecule has 2 aromatic carbocycles. The highest BCUT2D eigenvalue weighted by molar-refractivity contribution is 6.05. The van der Waals surface area contributed by atoms with Crippen molar-refractivity contribution in [3.8, 4) is 0 Å². The molecule has 0 radical (unpaired) electrons. The van der Waals surface area contributed by atoms with E-state index in [1.54, 1.807) is 0 Å². The number of oxazole rings is 1. The molecule has 0 fully saturated rings. The highest BCUT2D eigenvalue weighted by atomic mass is 19.4. The predicted octanol–water partition coefficient (Wildman–Crippen LogP) is 3.39. The van der Waals surface area contributed by atoms with E-state index in [1.807, 2.05) is 0 Å². The van der Waals surface area contributed by atoms with Crippen LogP contribution in [0.25, 0.3) is 11.1 Å². The Morgan fingerprint density at radius 2 is 1.91 bits per heavy atom. The average molecular weight is 322 g/mol. The van der Waals surface area contributed by atoms with E-state index in [4.69, 9.17) is 4.42 Å². The maximum Gasteiger partial charge on any atom is 0.417 e. The Hall–Kier alpha value is -3.03. The van der Waals surface area contributed by atoms with Gasteiger partial charge in [0.15, 0.2) is 5.58 Å². The summed E-state index contributed by atoms with van der Waals surface area (Å²) >= 11 is 0. The molecule has 3 rings (SSSR count). The number of benzene rings is 2. The number of anilines is 1. The van der Waals surface area contributed by atoms with Gasteiger partial charge in [0.05, 0.1) is 11.1 Å². The molecule has 0 aliphatic heterocycles. The topological polar surface area (TPSA) is 75.1 Å². The quantitative estimate of drug-likeness (QED) is 0.759. The van der Waals surface area contributed by atoms with Crippen molar-refractivity contribution in [2.45, 2.75) is 6.18 Å². The lowest BCUT2D eigenvalue weighted by atomic mass is 10.1. The number of hydrogen-bond donors (Lipinski definition) is 2. The lowest BCUT2D eigenvalue weighted by Gasteiger charge is -2.09. The molecule has 0 aliphatic rings. The number of H-pyrrole nitrogens is 1. The molecule has 8 heteroatoms. The van der Waals surface area contributed by atoms with Crippen LogP contribution in [0, 0.1) is 0 Å². The van der Waals surface area contributed by atoms with Crippen LogP contribution in [-0.2, 0) is 6.18 Å². The lowest BCUT2D eigenvalue weighted by molar-refractivity contribution is -0.137. The summed E-state index contributed by atoms with van der Waals surface area (Å²) in [5.74, 6) is -1.27. The first-order chi connectivity index (χ1) is 10.8. The molecule has 5 nitrogen and oxygen atoms in total. The zero-order chi connectivity index (χ0) is 16.6. The van der Waals surface area contributed by atoms with Gasteiger partial charge in [0.2, 0.25) is 0 Å². The van der Waals surface area contributed by atoms with Crippen molar-refractivity contribution in [1.29, 1.82) is 0 Å². The molecule has 0 bridgehead atoms. The zero-order valence-electron chi connectivity index (χ0n) is 11.4. The summed E-state index contributed by atoms with van der Waals surface area (Å²) in [6.07, 6.45) is -4.49. The fourth-order valence-electron chi connectivity index (χ4n) is 2.06. The second-order valence-corrected chi connectivity index (χ2v) is 4.76. The molecule has 3 aromatic rings. The fourth-order valence-corrected chi connectivity index (χ4v) is 2.06. The van der Waals surface area contributed by atoms with Gasteiger partial charge in [-0.25, -0.2) is 4.79 Å². The number of alkyl halides is 3. The number of halogens is 3. The summed E-state index contributed by atoms with van der Waals surface area (Å²) < 4.78 is 42.8. The number of carbonyl (C=O) groups excluding carboxylic acids is 1. The molecule has 0 aliphatic carbocycles. The van der Waals surface area contributed by atoms with Crippen LogP contribution in [0.2, 0.25) is 0 Å². The molecule has 1 aromatic heterocycles. The highest BCUT2D eigenvalue weighted by Gasteiger charge is 2.30. The van der Waals surface area contributed by atoms with Crippen LogP contribution in [0.15, 0.2) is 51.7 Å². The second-order valence-electron chi connectivity index (χ2n) is 4.76. The van der Waals surface area contributed by atoms with Gasteiger partial charge in [0.1, 0.15) is 0 Å². The molecular weight excluding hydrogens is 313 g/mol. The Balaban J connectivity index is 1.87. The van der Waals surface area contributed by atoms with Gasteiger partial charge in [0.25, 0.3) is 5.91 Å². The van der Waals surface area contributed by atoms with Gasteiger partial charge in [-0.2, -0.15) is 13.2 Å². The molecule has 0 atom stereocenters. The molecule has 0 spiro atoms. The third kappa shape index (κ3) is 3.10. The van der Waals surface area contributed by atoms with Gasteiger partial charge in [-0.3, -0.25) is 9.78 Å². The van der Waals surface area contributed by atoms with E-state index >= 15 is 0 Å². The molecule has 2 N–H and O–H groups in total. The van der Waals surface area contributed by atoms with E-state index in [2.05, 4.69) is 10.3 Å². The number of hydrogen-bond acceptors (Lipinski definition) is 3. The highest BCUT2D eigenvalue weighted by Crippen LogP contribution is 2.30. The van der Waals surface area contributed by atoms with Crippen molar-refractivity contribution >= 4 is 22.7 Å². The van der Waals surface area contributed by atoms with Gasteiger partial charge in [-0.05, 0) is 36.4 Å². The largest absolute Gasteiger partial charge is 0.417 e. The molecule has 0 saturated heterocycles. The molecule has 0 unspecified atom stereocenters. The van der Waals surface area contributed by atoms with E-state index in [1.165, 1.54) is 30.3 Å². The number of amides is 1. The normalized spacial score (nSPS) is 11.6. The summed E-state index contributed by atoms with van der Waals surface area (Å²) in [4.78, 5) is 25.6. The third-order valence-electron chi connectivity index (χ3n) is 3.13. The second kappa shape index (κ2) is 5.31. The van der Waals surface area contributed by atoms with Crippen molar-refractivity contribution in [3.05, 3.63) is 64.1 Å². The SMILES string of the molecule is O=C(Nc1cccc(C(F)(F)F)c1)c1ccc2[nH]c(=O)oc2c1. The van der Waals surface area contributed by atoms with E-state index in [9.17, 15) is 22.8 Å². The first-order valence-electron chi connectivity index (χ1n) is 6.44. The standard InChI is InChI=1S/C15H9F3N2O3/c16-15(17,18)9-2-1-3-10(7-9)19-13(21)8-4-5-11-12(6-8)23-14(22)20-11/h1-7H,(H,19,21)(H,20,22). The van der Waals surface area contributed by atoms with Crippen molar-refractivity contribution in [1.82, 2.24) is 4.98 Å². The van der Waals surface area contributed by atoms with E-state index < -0.39 is 23.4 Å². The number of carbonyl (C=O) groups is 1. The Bertz CT molecular complexity index is 941. The van der Waals surface area contributed by atoms with Crippen LogP contribution >= 0.6 is 0 Å². The summed E-state index contributed by atoms with van der Waals surface area (Å²) in [7, 11) is 0. The summed E-state index contributed by atoms with van der Waals surface area (Å²) in [6, 6.07) is 8.53. The Kier molecular flexibility index (Phi) is 3.44. The van der Waals surface area contributed by atoms with Gasteiger partial charge in [-0.15, -0.1) is 0 Å². The van der Waals surface area contributed by atoms with Crippen molar-refractivity contribution in [2.75, 3.05) is 5.32 Å². The van der Waals surface area contributed by atoms with Gasteiger partial charge >= 0.3 is 11.9 Å². The molecular formula is C15H9F3N2O3. The Morgan fingerprint density at radius 1 is 1.13 bits per heavy atom. The lowest BCUT2D eigenvalue weighted by Crippen LogP contribution is -2.13. The summed E-state index contributed by atoms with van der Waals surface area (Å²) in [6.45, 7) is 0. The Labute approximate surface area is 126 Å². The fraction of sp³-hybridized carbons (Fsp3) is 0.0667. The number of rotatable bonds is 2. The van der Waals surface area contributed by atoms with Crippen LogP contribution in [0.1, 0.15) is 15.9 Å². The van der Waals surface area contributed by atoms with Gasteiger partial charge in [-0.1, -0.05) is 6.07 Å². The monoisotopic (exact) mass is 322 g/mol. The first-order valence-corrected chi connectivity index (χ1v) is 6.44. The van der Waals surface area contributed by atoms with Gasteiger partial charge in [0, 0.05) is 11.3 Å².